The summed E-state index contributed by atoms with van der Waals surface area (Å²) in [4.78, 5) is 15.3. The zero-order chi connectivity index (χ0) is 23.5. The lowest BCUT2D eigenvalue weighted by atomic mass is 9.99. The molecule has 2 aliphatic heterocycles. The highest BCUT2D eigenvalue weighted by Gasteiger charge is 2.39. The lowest BCUT2D eigenvalue weighted by Gasteiger charge is -2.28. The van der Waals surface area contributed by atoms with E-state index in [4.69, 9.17) is 4.42 Å². The molecule has 1 saturated heterocycles. The van der Waals surface area contributed by atoms with Crippen molar-refractivity contribution in [3.63, 3.8) is 0 Å². The van der Waals surface area contributed by atoms with Gasteiger partial charge in [0, 0.05) is 42.7 Å². The van der Waals surface area contributed by atoms with Crippen molar-refractivity contribution in [2.45, 2.75) is 31.8 Å². The van der Waals surface area contributed by atoms with E-state index in [-0.39, 0.29) is 23.8 Å². The number of rotatable bonds is 3. The Morgan fingerprint density at radius 3 is 2.61 bits per heavy atom. The van der Waals surface area contributed by atoms with E-state index in [0.717, 1.165) is 24.9 Å². The lowest BCUT2D eigenvalue weighted by molar-refractivity contribution is 0.0964. The van der Waals surface area contributed by atoms with E-state index in [1.165, 1.54) is 22.7 Å². The van der Waals surface area contributed by atoms with Crippen LogP contribution in [0.25, 0.3) is 22.3 Å². The van der Waals surface area contributed by atoms with Gasteiger partial charge in [0.05, 0.1) is 17.5 Å². The molecule has 1 fully saturated rings. The van der Waals surface area contributed by atoms with E-state index in [2.05, 4.69) is 17.1 Å². The quantitative estimate of drug-likeness (QED) is 0.627. The van der Waals surface area contributed by atoms with Crippen molar-refractivity contribution >= 4 is 32.6 Å². The molecule has 0 saturated carbocycles. The van der Waals surface area contributed by atoms with Gasteiger partial charge in [-0.3, -0.25) is 14.0 Å². The highest BCUT2D eigenvalue weighted by Crippen LogP contribution is 2.44. The summed E-state index contributed by atoms with van der Waals surface area (Å²) >= 11 is 0. The number of sulfonamides is 1. The molecule has 0 aliphatic carbocycles. The Labute approximate surface area is 192 Å². The Morgan fingerprint density at radius 1 is 1.21 bits per heavy atom. The number of fused-ring (bicyclic) bond motifs is 3. The summed E-state index contributed by atoms with van der Waals surface area (Å²) in [5.41, 5.74) is 2.74. The van der Waals surface area contributed by atoms with E-state index in [0.29, 0.717) is 40.1 Å². The van der Waals surface area contributed by atoms with Crippen molar-refractivity contribution in [3.05, 3.63) is 53.3 Å². The number of nitrogens with one attached hydrogen (secondary N) is 1. The maximum Gasteiger partial charge on any atom is 0.255 e. The molecule has 0 unspecified atom stereocenters. The van der Waals surface area contributed by atoms with E-state index < -0.39 is 10.0 Å². The Bertz CT molecular complexity index is 1350. The SMILES string of the molecule is CNC(=O)c1c(-c2ccc(F)cc2)oc2cc3c(cc12)[C@H](C)N1CCC[C@@H]1CN3S(C)(=O)=O. The summed E-state index contributed by atoms with van der Waals surface area (Å²) in [5.74, 6) is -0.392. The average molecular weight is 472 g/mol. The third kappa shape index (κ3) is 3.59. The van der Waals surface area contributed by atoms with E-state index in [1.807, 2.05) is 6.07 Å². The molecular formula is C24H26FN3O4S. The number of anilines is 1. The molecule has 0 radical (unpaired) electrons. The minimum absolute atomic E-state index is 0.0228. The third-order valence-corrected chi connectivity index (χ3v) is 7.96. The summed E-state index contributed by atoms with van der Waals surface area (Å²) in [5, 5.41) is 3.27. The van der Waals surface area contributed by atoms with Gasteiger partial charge in [0.25, 0.3) is 5.91 Å². The van der Waals surface area contributed by atoms with Crippen LogP contribution in [0.2, 0.25) is 0 Å². The largest absolute Gasteiger partial charge is 0.455 e. The van der Waals surface area contributed by atoms with Crippen LogP contribution < -0.4 is 9.62 Å². The molecule has 1 N–H and O–H groups in total. The van der Waals surface area contributed by atoms with Gasteiger partial charge in [0.2, 0.25) is 10.0 Å². The Balaban J connectivity index is 1.79. The molecule has 174 valence electrons. The van der Waals surface area contributed by atoms with Crippen molar-refractivity contribution in [2.75, 3.05) is 30.7 Å². The van der Waals surface area contributed by atoms with E-state index >= 15 is 0 Å². The first-order chi connectivity index (χ1) is 15.7. The van der Waals surface area contributed by atoms with Gasteiger partial charge in [-0.2, -0.15) is 0 Å². The van der Waals surface area contributed by atoms with Crippen molar-refractivity contribution in [1.82, 2.24) is 10.2 Å². The standard InChI is InChI=1S/C24H26FN3O4S/c1-14-18-11-19-21(12-20(18)28(33(3,30)31)13-17-5-4-10-27(14)17)32-23(22(19)24(29)26-2)15-6-8-16(25)9-7-15/h6-9,11-12,14,17H,4-5,10,13H2,1-3H3,(H,26,29)/t14-,17+/m0/s1. The highest BCUT2D eigenvalue weighted by atomic mass is 32.2. The highest BCUT2D eigenvalue weighted by molar-refractivity contribution is 7.92. The molecule has 9 heteroatoms. The normalized spacial score (nSPS) is 21.0. The molecule has 33 heavy (non-hydrogen) atoms. The van der Waals surface area contributed by atoms with Crippen molar-refractivity contribution in [3.8, 4) is 11.3 Å². The minimum Gasteiger partial charge on any atom is -0.455 e. The summed E-state index contributed by atoms with van der Waals surface area (Å²) in [6.07, 6.45) is 3.19. The molecule has 3 heterocycles. The molecule has 2 aliphatic rings. The van der Waals surface area contributed by atoms with Crippen LogP contribution in [-0.4, -0.2) is 51.7 Å². The monoisotopic (exact) mass is 471 g/mol. The molecule has 0 bridgehead atoms. The van der Waals surface area contributed by atoms with Crippen LogP contribution in [0.5, 0.6) is 0 Å². The first-order valence-corrected chi connectivity index (χ1v) is 12.9. The Kier molecular flexibility index (Phi) is 5.21. The molecule has 3 aromatic rings. The third-order valence-electron chi connectivity index (χ3n) is 6.81. The molecular weight excluding hydrogens is 445 g/mol. The zero-order valence-corrected chi connectivity index (χ0v) is 19.6. The van der Waals surface area contributed by atoms with Gasteiger partial charge < -0.3 is 9.73 Å². The molecule has 1 aromatic heterocycles. The van der Waals surface area contributed by atoms with Gasteiger partial charge in [0.1, 0.15) is 17.2 Å². The second kappa shape index (κ2) is 7.85. The van der Waals surface area contributed by atoms with Gasteiger partial charge in [0.15, 0.2) is 0 Å². The summed E-state index contributed by atoms with van der Waals surface area (Å²) in [6, 6.07) is 9.47. The topological polar surface area (TPSA) is 82.9 Å². The fraction of sp³-hybridized carbons (Fsp3) is 0.375. The van der Waals surface area contributed by atoms with Crippen molar-refractivity contribution < 1.29 is 22.0 Å². The summed E-state index contributed by atoms with van der Waals surface area (Å²) < 4.78 is 46.7. The minimum atomic E-state index is -3.53. The number of carbonyl (C=O) groups excluding carboxylic acids is 1. The zero-order valence-electron chi connectivity index (χ0n) is 18.8. The van der Waals surface area contributed by atoms with Crippen LogP contribution in [0.3, 0.4) is 0 Å². The van der Waals surface area contributed by atoms with Crippen LogP contribution in [-0.2, 0) is 10.0 Å². The van der Waals surface area contributed by atoms with Gasteiger partial charge >= 0.3 is 0 Å². The molecule has 7 nitrogen and oxygen atoms in total. The van der Waals surface area contributed by atoms with Gasteiger partial charge in [-0.25, -0.2) is 12.8 Å². The number of amides is 1. The predicted molar refractivity (Wildman–Crippen MR) is 125 cm³/mol. The maximum atomic E-state index is 13.5. The molecule has 2 aromatic carbocycles. The maximum absolute atomic E-state index is 13.5. The summed E-state index contributed by atoms with van der Waals surface area (Å²) in [6.45, 7) is 3.36. The predicted octanol–water partition coefficient (Wildman–Crippen LogP) is 3.90. The number of furan rings is 1. The van der Waals surface area contributed by atoms with Crippen molar-refractivity contribution in [2.24, 2.45) is 0 Å². The van der Waals surface area contributed by atoms with Crippen LogP contribution in [0.1, 0.15) is 41.7 Å². The number of benzene rings is 2. The number of nitrogens with zero attached hydrogens (tertiary/aromatic N) is 2. The first-order valence-electron chi connectivity index (χ1n) is 11.0. The van der Waals surface area contributed by atoms with E-state index in [1.54, 1.807) is 25.2 Å². The van der Waals surface area contributed by atoms with Crippen LogP contribution in [0.15, 0.2) is 40.8 Å². The second-order valence-corrected chi connectivity index (χ2v) is 10.7. The first kappa shape index (κ1) is 21.9. The molecule has 5 rings (SSSR count). The second-order valence-electron chi connectivity index (χ2n) is 8.80. The fourth-order valence-electron chi connectivity index (χ4n) is 5.20. The average Bonchev–Trinajstić information content (AvgIpc) is 3.37. The van der Waals surface area contributed by atoms with Crippen LogP contribution >= 0.6 is 0 Å². The number of halogens is 1. The Morgan fingerprint density at radius 2 is 1.94 bits per heavy atom. The smallest absolute Gasteiger partial charge is 0.255 e. The number of hydrogen-bond donors (Lipinski definition) is 1. The fourth-order valence-corrected chi connectivity index (χ4v) is 6.16. The Hall–Kier alpha value is -2.91. The van der Waals surface area contributed by atoms with Gasteiger partial charge in [-0.05, 0) is 62.2 Å². The van der Waals surface area contributed by atoms with Gasteiger partial charge in [-0.15, -0.1) is 0 Å². The molecule has 2 atom stereocenters. The van der Waals surface area contributed by atoms with Gasteiger partial charge in [-0.1, -0.05) is 0 Å². The molecule has 1 amide bonds. The van der Waals surface area contributed by atoms with Crippen molar-refractivity contribution in [1.29, 1.82) is 0 Å². The van der Waals surface area contributed by atoms with Crippen LogP contribution in [0, 0.1) is 5.82 Å². The molecule has 0 spiro atoms. The lowest BCUT2D eigenvalue weighted by Crippen LogP contribution is -2.40. The van der Waals surface area contributed by atoms with E-state index in [9.17, 15) is 17.6 Å². The summed E-state index contributed by atoms with van der Waals surface area (Å²) in [7, 11) is -1.99. The number of hydrogen-bond acceptors (Lipinski definition) is 5. The van der Waals surface area contributed by atoms with Crippen LogP contribution in [0.4, 0.5) is 10.1 Å². The number of carbonyl (C=O) groups is 1.